The Labute approximate surface area is 156 Å². The van der Waals surface area contributed by atoms with Gasteiger partial charge in [-0.05, 0) is 34.9 Å². The lowest BCUT2D eigenvalue weighted by Gasteiger charge is -2.26. The fourth-order valence-electron chi connectivity index (χ4n) is 3.65. The number of pyridine rings is 1. The Bertz CT molecular complexity index is 1080. The standard InChI is InChI=1S/C20H19N5O2/c21-19-16-3-1-13(9-15(16)10-23-19)14-2-4-18-22-11-17(25(18)12-14)20(26)24-5-7-27-8-6-24/h1-4,9,11-12H,5-8,10H2,(H2,21,23). The van der Waals surface area contributed by atoms with Crippen molar-refractivity contribution in [3.8, 4) is 11.1 Å². The van der Waals surface area contributed by atoms with Crippen molar-refractivity contribution in [1.29, 1.82) is 0 Å². The summed E-state index contributed by atoms with van der Waals surface area (Å²) in [7, 11) is 0. The second kappa shape index (κ2) is 6.21. The maximum absolute atomic E-state index is 12.9. The van der Waals surface area contributed by atoms with Gasteiger partial charge >= 0.3 is 0 Å². The van der Waals surface area contributed by atoms with Crippen LogP contribution in [0.1, 0.15) is 21.6 Å². The summed E-state index contributed by atoms with van der Waals surface area (Å²) in [6.07, 6.45) is 3.62. The number of morpholine rings is 1. The number of amides is 1. The number of rotatable bonds is 2. The summed E-state index contributed by atoms with van der Waals surface area (Å²) in [5, 5.41) is 0. The molecule has 0 saturated carbocycles. The highest BCUT2D eigenvalue weighted by Gasteiger charge is 2.22. The second-order valence-electron chi connectivity index (χ2n) is 6.77. The summed E-state index contributed by atoms with van der Waals surface area (Å²) < 4.78 is 7.21. The molecule has 7 heteroatoms. The monoisotopic (exact) mass is 361 g/mol. The third-order valence-corrected chi connectivity index (χ3v) is 5.16. The van der Waals surface area contributed by atoms with Gasteiger partial charge in [-0.2, -0.15) is 0 Å². The Balaban J connectivity index is 1.53. The van der Waals surface area contributed by atoms with E-state index in [9.17, 15) is 4.79 Å². The van der Waals surface area contributed by atoms with Gasteiger partial charge in [0.25, 0.3) is 5.91 Å². The quantitative estimate of drug-likeness (QED) is 0.753. The molecule has 0 spiro atoms. The highest BCUT2D eigenvalue weighted by Crippen LogP contribution is 2.26. The smallest absolute Gasteiger partial charge is 0.272 e. The fourth-order valence-corrected chi connectivity index (χ4v) is 3.65. The topological polar surface area (TPSA) is 85.2 Å². The van der Waals surface area contributed by atoms with Gasteiger partial charge in [-0.15, -0.1) is 0 Å². The molecule has 0 atom stereocenters. The number of nitrogens with two attached hydrogens (primary N) is 1. The van der Waals surface area contributed by atoms with Crippen molar-refractivity contribution in [3.05, 3.63) is 59.5 Å². The number of nitrogens with zero attached hydrogens (tertiary/aromatic N) is 4. The van der Waals surface area contributed by atoms with Crippen LogP contribution in [0.2, 0.25) is 0 Å². The molecule has 2 aliphatic rings. The van der Waals surface area contributed by atoms with Crippen molar-refractivity contribution >= 4 is 17.4 Å². The van der Waals surface area contributed by atoms with E-state index >= 15 is 0 Å². The van der Waals surface area contributed by atoms with Gasteiger partial charge in [0.05, 0.1) is 26.0 Å². The third kappa shape index (κ3) is 2.67. The van der Waals surface area contributed by atoms with Crippen molar-refractivity contribution in [1.82, 2.24) is 14.3 Å². The summed E-state index contributed by atoms with van der Waals surface area (Å²) in [4.78, 5) is 23.4. The van der Waals surface area contributed by atoms with Crippen LogP contribution in [-0.2, 0) is 11.3 Å². The molecule has 3 aromatic rings. The Hall–Kier alpha value is -3.19. The highest BCUT2D eigenvalue weighted by molar-refractivity contribution is 6.01. The predicted molar refractivity (Wildman–Crippen MR) is 102 cm³/mol. The average molecular weight is 361 g/mol. The van der Waals surface area contributed by atoms with Crippen LogP contribution in [-0.4, -0.2) is 52.3 Å². The molecule has 5 rings (SSSR count). The first-order chi connectivity index (χ1) is 13.2. The van der Waals surface area contributed by atoms with E-state index in [-0.39, 0.29) is 5.91 Å². The van der Waals surface area contributed by atoms with Crippen LogP contribution in [0.25, 0.3) is 16.8 Å². The van der Waals surface area contributed by atoms with Gasteiger partial charge in [0, 0.05) is 24.8 Å². The average Bonchev–Trinajstić information content (AvgIpc) is 3.31. The zero-order valence-electron chi connectivity index (χ0n) is 14.8. The van der Waals surface area contributed by atoms with Crippen molar-refractivity contribution < 1.29 is 9.53 Å². The molecule has 1 saturated heterocycles. The number of carbonyl (C=O) groups excluding carboxylic acids is 1. The van der Waals surface area contributed by atoms with Crippen molar-refractivity contribution in [2.75, 3.05) is 26.3 Å². The van der Waals surface area contributed by atoms with Gasteiger partial charge in [-0.3, -0.25) is 14.2 Å². The van der Waals surface area contributed by atoms with Gasteiger partial charge in [0.15, 0.2) is 0 Å². The van der Waals surface area contributed by atoms with Crippen LogP contribution < -0.4 is 5.73 Å². The van der Waals surface area contributed by atoms with Crippen LogP contribution >= 0.6 is 0 Å². The van der Waals surface area contributed by atoms with Crippen molar-refractivity contribution in [2.45, 2.75) is 6.54 Å². The van der Waals surface area contributed by atoms with E-state index in [0.29, 0.717) is 44.4 Å². The van der Waals surface area contributed by atoms with Crippen molar-refractivity contribution in [3.63, 3.8) is 0 Å². The van der Waals surface area contributed by atoms with E-state index in [0.717, 1.165) is 27.9 Å². The highest BCUT2D eigenvalue weighted by atomic mass is 16.5. The summed E-state index contributed by atoms with van der Waals surface area (Å²) >= 11 is 0. The molecule has 1 amide bonds. The summed E-state index contributed by atoms with van der Waals surface area (Å²) in [5.41, 5.74) is 11.4. The van der Waals surface area contributed by atoms with E-state index in [1.807, 2.05) is 39.8 Å². The molecule has 2 aromatic heterocycles. The summed E-state index contributed by atoms with van der Waals surface area (Å²) in [6, 6.07) is 10.1. The number of aromatic nitrogens is 2. The normalized spacial score (nSPS) is 16.4. The third-order valence-electron chi connectivity index (χ3n) is 5.16. The van der Waals surface area contributed by atoms with Gasteiger partial charge < -0.3 is 15.4 Å². The molecular formula is C20H19N5O2. The molecule has 1 aromatic carbocycles. The molecule has 136 valence electrons. The second-order valence-corrected chi connectivity index (χ2v) is 6.77. The Morgan fingerprint density at radius 2 is 1.93 bits per heavy atom. The van der Waals surface area contributed by atoms with Crippen LogP contribution in [0.5, 0.6) is 0 Å². The Morgan fingerprint density at radius 3 is 2.78 bits per heavy atom. The number of amidine groups is 1. The van der Waals surface area contributed by atoms with Crippen molar-refractivity contribution in [2.24, 2.45) is 10.7 Å². The van der Waals surface area contributed by atoms with Gasteiger partial charge in [-0.1, -0.05) is 12.1 Å². The molecule has 0 bridgehead atoms. The molecule has 0 aliphatic carbocycles. The first-order valence-electron chi connectivity index (χ1n) is 8.98. The van der Waals surface area contributed by atoms with E-state index in [4.69, 9.17) is 10.5 Å². The molecular weight excluding hydrogens is 342 g/mol. The largest absolute Gasteiger partial charge is 0.383 e. The van der Waals surface area contributed by atoms with Crippen LogP contribution in [0.3, 0.4) is 0 Å². The molecule has 4 heterocycles. The number of hydrogen-bond donors (Lipinski definition) is 1. The number of benzene rings is 1. The Morgan fingerprint density at radius 1 is 1.11 bits per heavy atom. The first kappa shape index (κ1) is 16.0. The minimum absolute atomic E-state index is 0.0157. The predicted octanol–water partition coefficient (Wildman–Crippen LogP) is 1.69. The van der Waals surface area contributed by atoms with E-state index in [1.165, 1.54) is 0 Å². The zero-order valence-corrected chi connectivity index (χ0v) is 14.8. The fraction of sp³-hybridized carbons (Fsp3) is 0.250. The van der Waals surface area contributed by atoms with Gasteiger partial charge in [0.1, 0.15) is 17.2 Å². The number of aliphatic imine (C=N–C) groups is 1. The van der Waals surface area contributed by atoms with E-state index in [1.54, 1.807) is 6.20 Å². The van der Waals surface area contributed by atoms with Crippen LogP contribution in [0.4, 0.5) is 0 Å². The number of fused-ring (bicyclic) bond motifs is 2. The minimum atomic E-state index is -0.0157. The minimum Gasteiger partial charge on any atom is -0.383 e. The van der Waals surface area contributed by atoms with Gasteiger partial charge in [0.2, 0.25) is 0 Å². The SMILES string of the molecule is NC1=NCc2cc(-c3ccc4ncc(C(=O)N5CCOCC5)n4c3)ccc21. The van der Waals surface area contributed by atoms with Crippen LogP contribution in [0.15, 0.2) is 47.7 Å². The maximum Gasteiger partial charge on any atom is 0.272 e. The Kier molecular flexibility index (Phi) is 3.68. The van der Waals surface area contributed by atoms with E-state index < -0.39 is 0 Å². The lowest BCUT2D eigenvalue weighted by molar-refractivity contribution is 0.0298. The lowest BCUT2D eigenvalue weighted by Crippen LogP contribution is -2.41. The molecule has 2 N–H and O–H groups in total. The zero-order chi connectivity index (χ0) is 18.4. The number of hydrogen-bond acceptors (Lipinski definition) is 5. The number of ether oxygens (including phenoxy) is 1. The van der Waals surface area contributed by atoms with Crippen LogP contribution in [0, 0.1) is 0 Å². The molecule has 7 nitrogen and oxygen atoms in total. The first-order valence-corrected chi connectivity index (χ1v) is 8.98. The van der Waals surface area contributed by atoms with E-state index in [2.05, 4.69) is 16.0 Å². The number of carbonyl (C=O) groups is 1. The molecule has 27 heavy (non-hydrogen) atoms. The molecule has 0 unspecified atom stereocenters. The summed E-state index contributed by atoms with van der Waals surface area (Å²) in [6.45, 7) is 2.99. The maximum atomic E-state index is 12.9. The molecule has 1 fully saturated rings. The lowest BCUT2D eigenvalue weighted by atomic mass is 10.0. The van der Waals surface area contributed by atoms with Gasteiger partial charge in [-0.25, -0.2) is 4.98 Å². The number of imidazole rings is 1. The summed E-state index contributed by atoms with van der Waals surface area (Å²) in [5.74, 6) is 0.582. The molecule has 2 aliphatic heterocycles. The molecule has 0 radical (unpaired) electrons.